The summed E-state index contributed by atoms with van der Waals surface area (Å²) in [5.74, 6) is 3.42. The molecule has 8 heteroatoms. The zero-order valence-electron chi connectivity index (χ0n) is 19.7. The van der Waals surface area contributed by atoms with Crippen molar-refractivity contribution < 1.29 is 14.3 Å². The predicted molar refractivity (Wildman–Crippen MR) is 131 cm³/mol. The highest BCUT2D eigenvalue weighted by atomic mass is 16.5. The molecule has 0 saturated carbocycles. The Morgan fingerprint density at radius 2 is 1.68 bits per heavy atom. The van der Waals surface area contributed by atoms with Crippen molar-refractivity contribution in [1.29, 1.82) is 0 Å². The zero-order chi connectivity index (χ0) is 23.8. The number of fused-ring (bicyclic) bond motifs is 1. The lowest BCUT2D eigenvalue weighted by Crippen LogP contribution is -2.28. The van der Waals surface area contributed by atoms with Crippen molar-refractivity contribution in [1.82, 2.24) is 25.0 Å². The molecule has 0 bridgehead atoms. The molecular weight excluding hydrogens is 430 g/mol. The molecule has 1 N–H and O–H groups in total. The molecule has 8 nitrogen and oxygen atoms in total. The van der Waals surface area contributed by atoms with Gasteiger partial charge in [0.05, 0.1) is 14.2 Å². The highest BCUT2D eigenvalue weighted by Crippen LogP contribution is 2.14. The van der Waals surface area contributed by atoms with Crippen LogP contribution in [0.4, 0.5) is 0 Å². The van der Waals surface area contributed by atoms with Gasteiger partial charge in [0.25, 0.3) is 5.91 Å². The van der Waals surface area contributed by atoms with Gasteiger partial charge in [-0.3, -0.25) is 9.69 Å². The fourth-order valence-corrected chi connectivity index (χ4v) is 3.98. The van der Waals surface area contributed by atoms with Crippen LogP contribution in [0.25, 0.3) is 6.08 Å². The number of carbonyl (C=O) groups excluding carboxylic acids is 1. The van der Waals surface area contributed by atoms with Gasteiger partial charge in [-0.1, -0.05) is 24.3 Å². The van der Waals surface area contributed by atoms with Crippen LogP contribution < -0.4 is 14.8 Å². The molecule has 0 aliphatic carbocycles. The van der Waals surface area contributed by atoms with Crippen molar-refractivity contribution in [3.8, 4) is 11.5 Å². The highest BCUT2D eigenvalue weighted by molar-refractivity contribution is 5.94. The third-order valence-corrected chi connectivity index (χ3v) is 5.97. The van der Waals surface area contributed by atoms with Crippen molar-refractivity contribution in [2.75, 3.05) is 40.4 Å². The van der Waals surface area contributed by atoms with Gasteiger partial charge >= 0.3 is 0 Å². The zero-order valence-corrected chi connectivity index (χ0v) is 19.7. The molecule has 2 aromatic carbocycles. The van der Waals surface area contributed by atoms with Gasteiger partial charge < -0.3 is 19.4 Å². The van der Waals surface area contributed by atoms with E-state index in [1.165, 1.54) is 0 Å². The summed E-state index contributed by atoms with van der Waals surface area (Å²) in [5.41, 5.74) is 1.77. The predicted octanol–water partition coefficient (Wildman–Crippen LogP) is 2.84. The number of hydrogen-bond acceptors (Lipinski definition) is 6. The smallest absolute Gasteiger partial charge is 0.251 e. The lowest BCUT2D eigenvalue weighted by molar-refractivity contribution is 0.0954. The van der Waals surface area contributed by atoms with Crippen LogP contribution in [-0.4, -0.2) is 66.0 Å². The number of benzene rings is 2. The summed E-state index contributed by atoms with van der Waals surface area (Å²) in [6.07, 6.45) is 5.85. The van der Waals surface area contributed by atoms with E-state index in [2.05, 4.69) is 49.3 Å². The summed E-state index contributed by atoms with van der Waals surface area (Å²) < 4.78 is 12.5. The van der Waals surface area contributed by atoms with Crippen LogP contribution in [0.3, 0.4) is 0 Å². The van der Waals surface area contributed by atoms with Crippen molar-refractivity contribution in [3.05, 3.63) is 77.4 Å². The van der Waals surface area contributed by atoms with Crippen LogP contribution >= 0.6 is 0 Å². The second-order valence-corrected chi connectivity index (χ2v) is 8.14. The van der Waals surface area contributed by atoms with Crippen LogP contribution in [0.2, 0.25) is 0 Å². The maximum Gasteiger partial charge on any atom is 0.251 e. The first-order chi connectivity index (χ1) is 16.7. The Balaban J connectivity index is 1.25. The monoisotopic (exact) mass is 461 g/mol. The molecule has 178 valence electrons. The van der Waals surface area contributed by atoms with Crippen LogP contribution in [0.15, 0.2) is 54.6 Å². The minimum absolute atomic E-state index is 0.104. The second kappa shape index (κ2) is 11.5. The third-order valence-electron chi connectivity index (χ3n) is 5.97. The second-order valence-electron chi connectivity index (χ2n) is 8.14. The summed E-state index contributed by atoms with van der Waals surface area (Å²) in [6.45, 7) is 4.12. The molecule has 1 amide bonds. The first-order valence-corrected chi connectivity index (χ1v) is 11.5. The van der Waals surface area contributed by atoms with E-state index in [0.717, 1.165) is 61.3 Å². The van der Waals surface area contributed by atoms with Crippen molar-refractivity contribution in [3.63, 3.8) is 0 Å². The summed E-state index contributed by atoms with van der Waals surface area (Å²) in [6, 6.07) is 15.1. The van der Waals surface area contributed by atoms with E-state index >= 15 is 0 Å². The molecule has 0 radical (unpaired) electrons. The number of rotatable bonds is 9. The summed E-state index contributed by atoms with van der Waals surface area (Å²) >= 11 is 0. The van der Waals surface area contributed by atoms with E-state index in [1.54, 1.807) is 38.5 Å². The van der Waals surface area contributed by atoms with E-state index in [1.807, 2.05) is 12.1 Å². The van der Waals surface area contributed by atoms with E-state index in [9.17, 15) is 4.79 Å². The van der Waals surface area contributed by atoms with Gasteiger partial charge in [0.15, 0.2) is 0 Å². The molecule has 1 aromatic heterocycles. The molecule has 3 aromatic rings. The average molecular weight is 462 g/mol. The summed E-state index contributed by atoms with van der Waals surface area (Å²) in [4.78, 5) is 14.8. The Hall–Kier alpha value is -3.65. The standard InChI is InChI=1S/C26H31N5O3/c1-33-22-9-5-20(6-10-22)4-3-16-30-17-14-25-29-28-24(31(25)19-18-30)13-15-27-26(32)21-7-11-23(34-2)12-8-21/h3-12H,13-19H2,1-2H3,(H,27,32). The van der Waals surface area contributed by atoms with Gasteiger partial charge in [0.1, 0.15) is 23.1 Å². The fraction of sp³-hybridized carbons (Fsp3) is 0.346. The molecule has 0 fully saturated rings. The van der Waals surface area contributed by atoms with Gasteiger partial charge in [-0.05, 0) is 42.0 Å². The lowest BCUT2D eigenvalue weighted by atomic mass is 10.2. The van der Waals surface area contributed by atoms with Gasteiger partial charge in [0.2, 0.25) is 0 Å². The number of nitrogens with one attached hydrogen (secondary N) is 1. The van der Waals surface area contributed by atoms with E-state index < -0.39 is 0 Å². The van der Waals surface area contributed by atoms with Gasteiger partial charge in [-0.2, -0.15) is 0 Å². The fourth-order valence-electron chi connectivity index (χ4n) is 3.98. The third kappa shape index (κ3) is 6.02. The molecule has 0 saturated heterocycles. The first-order valence-electron chi connectivity index (χ1n) is 11.5. The Morgan fingerprint density at radius 3 is 2.38 bits per heavy atom. The quantitative estimate of drug-likeness (QED) is 0.528. The minimum Gasteiger partial charge on any atom is -0.497 e. The molecule has 1 aliphatic rings. The SMILES string of the molecule is COc1ccc(C=CCN2CCc3nnc(CCNC(=O)c4ccc(OC)cc4)n3CC2)cc1. The molecular formula is C26H31N5O3. The molecule has 0 atom stereocenters. The van der Waals surface area contributed by atoms with Crippen molar-refractivity contribution in [2.24, 2.45) is 0 Å². The minimum atomic E-state index is -0.104. The molecule has 0 unspecified atom stereocenters. The van der Waals surface area contributed by atoms with Crippen LogP contribution in [-0.2, 0) is 19.4 Å². The Bertz CT molecular complexity index is 1110. The summed E-state index contributed by atoms with van der Waals surface area (Å²) in [5, 5.41) is 11.7. The van der Waals surface area contributed by atoms with E-state index in [0.29, 0.717) is 18.5 Å². The first kappa shape index (κ1) is 23.5. The van der Waals surface area contributed by atoms with Gasteiger partial charge in [0, 0.05) is 51.1 Å². The van der Waals surface area contributed by atoms with Crippen LogP contribution in [0, 0.1) is 0 Å². The maximum absolute atomic E-state index is 12.4. The van der Waals surface area contributed by atoms with Gasteiger partial charge in [-0.15, -0.1) is 10.2 Å². The Labute approximate surface area is 200 Å². The number of carbonyl (C=O) groups is 1. The van der Waals surface area contributed by atoms with Crippen LogP contribution in [0.1, 0.15) is 27.6 Å². The van der Waals surface area contributed by atoms with Crippen LogP contribution in [0.5, 0.6) is 11.5 Å². The summed E-state index contributed by atoms with van der Waals surface area (Å²) in [7, 11) is 3.28. The molecule has 4 rings (SSSR count). The maximum atomic E-state index is 12.4. The lowest BCUT2D eigenvalue weighted by Gasteiger charge is -2.17. The number of nitrogens with zero attached hydrogens (tertiary/aromatic N) is 4. The number of amides is 1. The van der Waals surface area contributed by atoms with Crippen molar-refractivity contribution in [2.45, 2.75) is 19.4 Å². The Morgan fingerprint density at radius 1 is 0.971 bits per heavy atom. The van der Waals surface area contributed by atoms with E-state index in [-0.39, 0.29) is 5.91 Å². The largest absolute Gasteiger partial charge is 0.497 e. The number of hydrogen-bond donors (Lipinski definition) is 1. The highest BCUT2D eigenvalue weighted by Gasteiger charge is 2.18. The van der Waals surface area contributed by atoms with Gasteiger partial charge in [-0.25, -0.2) is 0 Å². The number of aromatic nitrogens is 3. The van der Waals surface area contributed by atoms with E-state index in [4.69, 9.17) is 9.47 Å². The molecule has 0 spiro atoms. The number of ether oxygens (including phenoxy) is 2. The molecule has 34 heavy (non-hydrogen) atoms. The normalized spacial score (nSPS) is 13.9. The average Bonchev–Trinajstić information content (AvgIpc) is 3.15. The molecule has 2 heterocycles. The molecule has 1 aliphatic heterocycles. The number of methoxy groups -OCH3 is 2. The topological polar surface area (TPSA) is 81.5 Å². The Kier molecular flexibility index (Phi) is 7.93. The van der Waals surface area contributed by atoms with Crippen molar-refractivity contribution >= 4 is 12.0 Å².